The van der Waals surface area contributed by atoms with Gasteiger partial charge in [0.2, 0.25) is 0 Å². The largest absolute Gasteiger partial charge is 0.349 e. The van der Waals surface area contributed by atoms with Gasteiger partial charge >= 0.3 is 0 Å². The standard InChI is InChI=1S/C18H22N4O2S.ClH/c19-10-9-16-22-15(11-25-16)18(24)21-14-7-5-12(6-8-14)17(23)20-13-3-1-2-4-13;/h5-8,11,13H,1-4,9-10,19H2,(H,20,23)(H,21,24);1H. The summed E-state index contributed by atoms with van der Waals surface area (Å²) in [6, 6.07) is 7.20. The average Bonchev–Trinajstić information content (AvgIpc) is 3.28. The second-order valence-electron chi connectivity index (χ2n) is 6.15. The molecule has 6 nitrogen and oxygen atoms in total. The molecule has 1 aliphatic carbocycles. The van der Waals surface area contributed by atoms with E-state index in [1.807, 2.05) is 0 Å². The molecule has 1 saturated carbocycles. The second kappa shape index (κ2) is 9.66. The van der Waals surface area contributed by atoms with E-state index in [9.17, 15) is 9.59 Å². The van der Waals surface area contributed by atoms with E-state index in [4.69, 9.17) is 5.73 Å². The van der Waals surface area contributed by atoms with Gasteiger partial charge in [0.25, 0.3) is 11.8 Å². The first-order chi connectivity index (χ1) is 12.2. The average molecular weight is 395 g/mol. The topological polar surface area (TPSA) is 97.1 Å². The molecule has 2 amide bonds. The van der Waals surface area contributed by atoms with Gasteiger partial charge < -0.3 is 16.4 Å². The van der Waals surface area contributed by atoms with Gasteiger partial charge in [-0.05, 0) is 43.7 Å². The Bertz CT molecular complexity index is 742. The predicted molar refractivity (Wildman–Crippen MR) is 106 cm³/mol. The number of hydrogen-bond acceptors (Lipinski definition) is 5. The highest BCUT2D eigenvalue weighted by atomic mass is 35.5. The third-order valence-corrected chi connectivity index (χ3v) is 5.15. The maximum Gasteiger partial charge on any atom is 0.275 e. The Morgan fingerprint density at radius 2 is 1.85 bits per heavy atom. The number of rotatable bonds is 6. The van der Waals surface area contributed by atoms with E-state index < -0.39 is 0 Å². The van der Waals surface area contributed by atoms with E-state index in [2.05, 4.69) is 15.6 Å². The van der Waals surface area contributed by atoms with Gasteiger partial charge in [0.1, 0.15) is 5.69 Å². The van der Waals surface area contributed by atoms with E-state index in [-0.39, 0.29) is 24.2 Å². The van der Waals surface area contributed by atoms with Crippen LogP contribution in [0.25, 0.3) is 0 Å². The fraction of sp³-hybridized carbons (Fsp3) is 0.389. The van der Waals surface area contributed by atoms with Gasteiger partial charge in [-0.2, -0.15) is 0 Å². The molecule has 0 saturated heterocycles. The molecule has 0 bridgehead atoms. The first-order valence-corrected chi connectivity index (χ1v) is 9.40. The Hall–Kier alpha value is -1.96. The highest BCUT2D eigenvalue weighted by Gasteiger charge is 2.18. The van der Waals surface area contributed by atoms with Crippen molar-refractivity contribution in [1.82, 2.24) is 10.3 Å². The van der Waals surface area contributed by atoms with Crippen LogP contribution in [0.1, 0.15) is 51.5 Å². The van der Waals surface area contributed by atoms with Crippen molar-refractivity contribution in [2.75, 3.05) is 11.9 Å². The molecule has 4 N–H and O–H groups in total. The summed E-state index contributed by atoms with van der Waals surface area (Å²) in [4.78, 5) is 28.7. The van der Waals surface area contributed by atoms with Gasteiger partial charge in [0.05, 0.1) is 5.01 Å². The summed E-state index contributed by atoms with van der Waals surface area (Å²) >= 11 is 1.43. The third-order valence-electron chi connectivity index (χ3n) is 4.24. The van der Waals surface area contributed by atoms with Crippen LogP contribution in [0.4, 0.5) is 5.69 Å². The van der Waals surface area contributed by atoms with Gasteiger partial charge in [-0.25, -0.2) is 4.98 Å². The molecule has 1 fully saturated rings. The van der Waals surface area contributed by atoms with Crippen LogP contribution in [-0.2, 0) is 6.42 Å². The Balaban J connectivity index is 0.00000243. The van der Waals surface area contributed by atoms with E-state index >= 15 is 0 Å². The first-order valence-electron chi connectivity index (χ1n) is 8.52. The zero-order valence-corrected chi connectivity index (χ0v) is 16.0. The molecule has 8 heteroatoms. The molecule has 0 spiro atoms. The van der Waals surface area contributed by atoms with Gasteiger partial charge in [-0.3, -0.25) is 9.59 Å². The van der Waals surface area contributed by atoms with Crippen molar-refractivity contribution in [1.29, 1.82) is 0 Å². The zero-order valence-electron chi connectivity index (χ0n) is 14.4. The highest BCUT2D eigenvalue weighted by Crippen LogP contribution is 2.19. The minimum absolute atomic E-state index is 0. The van der Waals surface area contributed by atoms with Crippen molar-refractivity contribution >= 4 is 41.2 Å². The molecule has 1 aromatic heterocycles. The van der Waals surface area contributed by atoms with Crippen LogP contribution in [0, 0.1) is 0 Å². The number of nitrogens with two attached hydrogens (primary N) is 1. The van der Waals surface area contributed by atoms with Gasteiger partial charge in [-0.1, -0.05) is 12.8 Å². The van der Waals surface area contributed by atoms with Crippen molar-refractivity contribution in [3.05, 3.63) is 45.9 Å². The Labute approximate surface area is 163 Å². The lowest BCUT2D eigenvalue weighted by molar-refractivity contribution is 0.0937. The minimum atomic E-state index is -0.261. The number of carbonyl (C=O) groups excluding carboxylic acids is 2. The third kappa shape index (κ3) is 5.27. The lowest BCUT2D eigenvalue weighted by Gasteiger charge is -2.12. The highest BCUT2D eigenvalue weighted by molar-refractivity contribution is 7.09. The number of nitrogens with zero attached hydrogens (tertiary/aromatic N) is 1. The van der Waals surface area contributed by atoms with Crippen molar-refractivity contribution in [3.8, 4) is 0 Å². The molecule has 1 heterocycles. The Kier molecular flexibility index (Phi) is 7.56. The van der Waals surface area contributed by atoms with Crippen LogP contribution in [0.15, 0.2) is 29.6 Å². The van der Waals surface area contributed by atoms with Crippen LogP contribution < -0.4 is 16.4 Å². The molecule has 0 radical (unpaired) electrons. The molecule has 0 aliphatic heterocycles. The normalized spacial score (nSPS) is 13.9. The maximum absolute atomic E-state index is 12.2. The summed E-state index contributed by atoms with van der Waals surface area (Å²) in [6.07, 6.45) is 5.14. The van der Waals surface area contributed by atoms with E-state index in [1.54, 1.807) is 29.6 Å². The SMILES string of the molecule is Cl.NCCc1nc(C(=O)Nc2ccc(C(=O)NC3CCCC3)cc2)cs1. The minimum Gasteiger partial charge on any atom is -0.349 e. The molecular formula is C18H23ClN4O2S. The second-order valence-corrected chi connectivity index (χ2v) is 7.09. The number of anilines is 1. The summed E-state index contributed by atoms with van der Waals surface area (Å²) in [5.41, 5.74) is 7.11. The van der Waals surface area contributed by atoms with Crippen LogP contribution >= 0.6 is 23.7 Å². The lowest BCUT2D eigenvalue weighted by atomic mass is 10.1. The summed E-state index contributed by atoms with van der Waals surface area (Å²) in [7, 11) is 0. The predicted octanol–water partition coefficient (Wildman–Crippen LogP) is 2.99. The fourth-order valence-electron chi connectivity index (χ4n) is 2.89. The molecule has 1 aromatic carbocycles. The molecule has 2 aromatic rings. The van der Waals surface area contributed by atoms with Crippen LogP contribution in [0.5, 0.6) is 0 Å². The fourth-order valence-corrected chi connectivity index (χ4v) is 3.69. The number of aromatic nitrogens is 1. The lowest BCUT2D eigenvalue weighted by Crippen LogP contribution is -2.32. The van der Waals surface area contributed by atoms with Crippen molar-refractivity contribution in [2.45, 2.75) is 38.1 Å². The van der Waals surface area contributed by atoms with Crippen LogP contribution in [0.2, 0.25) is 0 Å². The molecular weight excluding hydrogens is 372 g/mol. The molecule has 3 rings (SSSR count). The Morgan fingerprint density at radius 1 is 1.15 bits per heavy atom. The van der Waals surface area contributed by atoms with Crippen molar-refractivity contribution in [2.24, 2.45) is 5.73 Å². The summed E-state index contributed by atoms with van der Waals surface area (Å²) in [5, 5.41) is 8.43. The number of hydrogen-bond donors (Lipinski definition) is 3. The summed E-state index contributed by atoms with van der Waals surface area (Å²) < 4.78 is 0. The first kappa shape index (κ1) is 20.4. The van der Waals surface area contributed by atoms with Crippen LogP contribution in [0.3, 0.4) is 0 Å². The molecule has 26 heavy (non-hydrogen) atoms. The number of amides is 2. The number of nitrogens with one attached hydrogen (secondary N) is 2. The van der Waals surface area contributed by atoms with E-state index in [1.165, 1.54) is 24.2 Å². The molecule has 0 atom stereocenters. The van der Waals surface area contributed by atoms with Crippen LogP contribution in [-0.4, -0.2) is 29.4 Å². The maximum atomic E-state index is 12.2. The molecule has 0 unspecified atom stereocenters. The number of carbonyl (C=O) groups is 2. The number of halogens is 1. The molecule has 1 aliphatic rings. The summed E-state index contributed by atoms with van der Waals surface area (Å²) in [5.74, 6) is -0.321. The quantitative estimate of drug-likeness (QED) is 0.701. The van der Waals surface area contributed by atoms with Gasteiger partial charge in [0, 0.05) is 29.1 Å². The van der Waals surface area contributed by atoms with Gasteiger partial charge in [-0.15, -0.1) is 23.7 Å². The monoisotopic (exact) mass is 394 g/mol. The van der Waals surface area contributed by atoms with Gasteiger partial charge in [0.15, 0.2) is 0 Å². The number of benzene rings is 1. The van der Waals surface area contributed by atoms with E-state index in [0.717, 1.165) is 17.8 Å². The zero-order chi connectivity index (χ0) is 17.6. The van der Waals surface area contributed by atoms with E-state index in [0.29, 0.717) is 36.0 Å². The smallest absolute Gasteiger partial charge is 0.275 e. The Morgan fingerprint density at radius 3 is 2.50 bits per heavy atom. The molecule has 140 valence electrons. The summed E-state index contributed by atoms with van der Waals surface area (Å²) in [6.45, 7) is 0.513. The van der Waals surface area contributed by atoms with Crippen molar-refractivity contribution < 1.29 is 9.59 Å². The van der Waals surface area contributed by atoms with Crippen molar-refractivity contribution in [3.63, 3.8) is 0 Å². The number of thiazole rings is 1.